The minimum Gasteiger partial charge on any atom is -0.413 e. The topological polar surface area (TPSA) is 138 Å². The third-order valence-corrected chi connectivity index (χ3v) is 7.22. The van der Waals surface area contributed by atoms with Crippen LogP contribution in [0.5, 0.6) is 5.75 Å². The summed E-state index contributed by atoms with van der Waals surface area (Å²) in [7, 11) is -3.94. The fraction of sp³-hybridized carbons (Fsp3) is 0.524. The second-order valence-corrected chi connectivity index (χ2v) is 10.2. The van der Waals surface area contributed by atoms with Crippen molar-refractivity contribution in [3.8, 4) is 5.75 Å². The molecule has 0 unspecified atom stereocenters. The van der Waals surface area contributed by atoms with E-state index in [0.717, 1.165) is 11.5 Å². The molecule has 6 atom stereocenters. The van der Waals surface area contributed by atoms with Crippen molar-refractivity contribution in [2.24, 2.45) is 5.92 Å². The number of nitrogens with two attached hydrogens (primary N) is 1. The van der Waals surface area contributed by atoms with E-state index < -0.39 is 44.1 Å². The highest BCUT2D eigenvalue weighted by atomic mass is 31.2. The van der Waals surface area contributed by atoms with E-state index >= 15 is 4.39 Å². The first-order valence-corrected chi connectivity index (χ1v) is 12.1. The summed E-state index contributed by atoms with van der Waals surface area (Å²) in [4.78, 5) is 15.7. The normalized spacial score (nSPS) is 27.9. The predicted molar refractivity (Wildman–Crippen MR) is 120 cm³/mol. The van der Waals surface area contributed by atoms with Crippen molar-refractivity contribution < 1.29 is 27.8 Å². The summed E-state index contributed by atoms with van der Waals surface area (Å²) in [5.41, 5.74) is 2.29. The second kappa shape index (κ2) is 9.90. The Balaban J connectivity index is 1.79. The molecule has 0 spiro atoms. The number of hydrogen-bond acceptors (Lipinski definition) is 8. The van der Waals surface area contributed by atoms with Gasteiger partial charge < -0.3 is 20.1 Å². The average Bonchev–Trinajstić information content (AvgIpc) is 2.96. The number of rotatable bonds is 9. The zero-order chi connectivity index (χ0) is 24.4. The van der Waals surface area contributed by atoms with Gasteiger partial charge in [-0.25, -0.2) is 18.8 Å². The SMILES string of the molecule is CC(C)[C@H](C)N[P@](=O)(OC[C@H]1O[C@@H](n2ccc(N)nc2=O)[C@](C)(F)[C@@H]1O)Oc1ccccc1. The van der Waals surface area contributed by atoms with Crippen LogP contribution < -0.4 is 21.0 Å². The fourth-order valence-electron chi connectivity index (χ4n) is 3.24. The highest BCUT2D eigenvalue weighted by Gasteiger charge is 2.55. The highest BCUT2D eigenvalue weighted by molar-refractivity contribution is 7.52. The van der Waals surface area contributed by atoms with Crippen LogP contribution in [-0.4, -0.2) is 45.2 Å². The number of halogens is 1. The van der Waals surface area contributed by atoms with Crippen molar-refractivity contribution in [2.75, 3.05) is 12.3 Å². The summed E-state index contributed by atoms with van der Waals surface area (Å²) >= 11 is 0. The van der Waals surface area contributed by atoms with Crippen LogP contribution in [0.3, 0.4) is 0 Å². The van der Waals surface area contributed by atoms with Crippen molar-refractivity contribution in [1.82, 2.24) is 14.6 Å². The Morgan fingerprint density at radius 3 is 2.61 bits per heavy atom. The second-order valence-electron chi connectivity index (χ2n) is 8.52. The summed E-state index contributed by atoms with van der Waals surface area (Å²) in [6.07, 6.45) is -3.17. The van der Waals surface area contributed by atoms with Crippen LogP contribution in [0.2, 0.25) is 0 Å². The molecule has 1 fully saturated rings. The lowest BCUT2D eigenvalue weighted by Gasteiger charge is -2.27. The van der Waals surface area contributed by atoms with Crippen LogP contribution in [-0.2, 0) is 13.8 Å². The van der Waals surface area contributed by atoms with Crippen LogP contribution in [0, 0.1) is 5.92 Å². The van der Waals surface area contributed by atoms with Gasteiger partial charge in [-0.2, -0.15) is 4.98 Å². The molecule has 1 saturated heterocycles. The Hall–Kier alpha value is -2.30. The van der Waals surface area contributed by atoms with E-state index in [2.05, 4.69) is 10.1 Å². The Morgan fingerprint density at radius 2 is 2.00 bits per heavy atom. The van der Waals surface area contributed by atoms with Crippen LogP contribution in [0.25, 0.3) is 0 Å². The van der Waals surface area contributed by atoms with Gasteiger partial charge in [0.2, 0.25) is 0 Å². The van der Waals surface area contributed by atoms with Gasteiger partial charge in [0, 0.05) is 12.2 Å². The molecule has 0 radical (unpaired) electrons. The molecule has 182 valence electrons. The molecular formula is C21H30FN4O6P. The first-order chi connectivity index (χ1) is 15.4. The van der Waals surface area contributed by atoms with E-state index in [1.165, 1.54) is 12.3 Å². The molecule has 0 aliphatic carbocycles. The van der Waals surface area contributed by atoms with Crippen molar-refractivity contribution in [1.29, 1.82) is 0 Å². The van der Waals surface area contributed by atoms with Gasteiger partial charge in [-0.1, -0.05) is 32.0 Å². The first kappa shape index (κ1) is 25.3. The van der Waals surface area contributed by atoms with E-state index in [1.54, 1.807) is 30.3 Å². The van der Waals surface area contributed by atoms with Gasteiger partial charge >= 0.3 is 13.4 Å². The molecule has 4 N–H and O–H groups in total. The van der Waals surface area contributed by atoms with Gasteiger partial charge in [0.15, 0.2) is 11.9 Å². The number of anilines is 1. The molecule has 1 aromatic heterocycles. The quantitative estimate of drug-likeness (QED) is 0.459. The van der Waals surface area contributed by atoms with Crippen molar-refractivity contribution in [2.45, 2.75) is 57.8 Å². The molecule has 0 bridgehead atoms. The molecular weight excluding hydrogens is 454 g/mol. The molecule has 1 aromatic carbocycles. The number of nitrogen functional groups attached to an aromatic ring is 1. The molecule has 33 heavy (non-hydrogen) atoms. The predicted octanol–water partition coefficient (Wildman–Crippen LogP) is 2.65. The maximum absolute atomic E-state index is 15.4. The molecule has 1 aliphatic rings. The van der Waals surface area contributed by atoms with E-state index in [9.17, 15) is 14.5 Å². The number of para-hydroxylation sites is 1. The third-order valence-electron chi connectivity index (χ3n) is 5.56. The minimum absolute atomic E-state index is 0.0282. The highest BCUT2D eigenvalue weighted by Crippen LogP contribution is 2.47. The first-order valence-electron chi connectivity index (χ1n) is 10.6. The van der Waals surface area contributed by atoms with Gasteiger partial charge in [-0.3, -0.25) is 9.09 Å². The van der Waals surface area contributed by atoms with Gasteiger partial charge in [0.25, 0.3) is 0 Å². The lowest BCUT2D eigenvalue weighted by atomic mass is 9.98. The maximum atomic E-state index is 15.4. The van der Waals surface area contributed by atoms with Crippen LogP contribution >= 0.6 is 7.75 Å². The fourth-order valence-corrected chi connectivity index (χ4v) is 4.95. The molecule has 12 heteroatoms. The molecule has 10 nitrogen and oxygen atoms in total. The smallest absolute Gasteiger partial charge is 0.413 e. The number of hydrogen-bond donors (Lipinski definition) is 3. The molecule has 0 saturated carbocycles. The van der Waals surface area contributed by atoms with E-state index in [0.29, 0.717) is 5.75 Å². The Bertz CT molecular complexity index is 1050. The summed E-state index contributed by atoms with van der Waals surface area (Å²) in [5, 5.41) is 13.4. The van der Waals surface area contributed by atoms with Gasteiger partial charge in [-0.05, 0) is 38.0 Å². The Labute approximate surface area is 191 Å². The number of nitrogens with zero attached hydrogens (tertiary/aromatic N) is 2. The van der Waals surface area contributed by atoms with E-state index in [1.807, 2.05) is 20.8 Å². The number of aliphatic hydroxyl groups is 1. The van der Waals surface area contributed by atoms with Crippen molar-refractivity contribution in [3.63, 3.8) is 0 Å². The van der Waals surface area contributed by atoms with E-state index in [4.69, 9.17) is 19.5 Å². The van der Waals surface area contributed by atoms with Crippen LogP contribution in [0.4, 0.5) is 10.2 Å². The number of benzene rings is 1. The van der Waals surface area contributed by atoms with Crippen molar-refractivity contribution in [3.05, 3.63) is 53.1 Å². The van der Waals surface area contributed by atoms with Gasteiger partial charge in [0.05, 0.1) is 6.61 Å². The summed E-state index contributed by atoms with van der Waals surface area (Å²) in [6.45, 7) is 6.34. The number of aromatic nitrogens is 2. The Morgan fingerprint density at radius 1 is 1.33 bits per heavy atom. The van der Waals surface area contributed by atoms with Crippen molar-refractivity contribution >= 4 is 13.6 Å². The monoisotopic (exact) mass is 484 g/mol. The number of ether oxygens (including phenoxy) is 1. The third kappa shape index (κ3) is 5.80. The number of alkyl halides is 1. The van der Waals surface area contributed by atoms with Gasteiger partial charge in [-0.15, -0.1) is 0 Å². The Kier molecular flexibility index (Phi) is 7.60. The summed E-state index contributed by atoms with van der Waals surface area (Å²) in [5.74, 6) is 0.391. The summed E-state index contributed by atoms with van der Waals surface area (Å²) < 4.78 is 46.6. The van der Waals surface area contributed by atoms with Gasteiger partial charge in [0.1, 0.15) is 23.8 Å². The lowest BCUT2D eigenvalue weighted by molar-refractivity contribution is -0.0592. The molecule has 2 heterocycles. The standard InChI is InChI=1S/C21H30FN4O6P/c1-13(2)14(3)25-33(29,32-15-8-6-5-7-9-15)30-12-16-18(27)21(4,22)19(31-16)26-11-10-17(23)24-20(26)28/h5-11,13-14,16,18-19,27H,12H2,1-4H3,(H,25,29)(H2,23,24,28)/t14-,16+,18+,19+,21+,33-/m0/s1. The minimum atomic E-state index is -3.94. The molecule has 2 aromatic rings. The zero-order valence-electron chi connectivity index (χ0n) is 18.9. The maximum Gasteiger partial charge on any atom is 0.459 e. The molecule has 1 aliphatic heterocycles. The van der Waals surface area contributed by atoms with Crippen LogP contribution in [0.15, 0.2) is 47.4 Å². The molecule has 3 rings (SSSR count). The molecule has 0 amide bonds. The zero-order valence-corrected chi connectivity index (χ0v) is 19.8. The van der Waals surface area contributed by atoms with E-state index in [-0.39, 0.29) is 17.8 Å². The lowest BCUT2D eigenvalue weighted by Crippen LogP contribution is -2.43. The largest absolute Gasteiger partial charge is 0.459 e. The number of aliphatic hydroxyl groups excluding tert-OH is 1. The average molecular weight is 484 g/mol. The summed E-state index contributed by atoms with van der Waals surface area (Å²) in [6, 6.07) is 9.52. The van der Waals surface area contributed by atoms with Crippen LogP contribution in [0.1, 0.15) is 33.9 Å². The number of nitrogens with one attached hydrogen (secondary N) is 1.